The molecule has 0 spiro atoms. The molecular weight excluding hydrogens is 615 g/mol. The van der Waals surface area contributed by atoms with E-state index < -0.39 is 0 Å². The van der Waals surface area contributed by atoms with Crippen LogP contribution in [0, 0.1) is 0 Å². The molecule has 0 fully saturated rings. The molecule has 0 unspecified atom stereocenters. The molecule has 0 aliphatic carbocycles. The third-order valence-electron chi connectivity index (χ3n) is 9.36. The highest BCUT2D eigenvalue weighted by Gasteiger charge is 2.16. The Labute approximate surface area is 287 Å². The fraction of sp³-hybridized carbons (Fsp3) is 0. The predicted octanol–water partition coefficient (Wildman–Crippen LogP) is 12.0. The average Bonchev–Trinajstić information content (AvgIpc) is 3.75. The maximum Gasteiger partial charge on any atom is 0.164 e. The Morgan fingerprint density at radius 3 is 1.40 bits per heavy atom. The van der Waals surface area contributed by atoms with Crippen molar-refractivity contribution in [3.8, 4) is 56.4 Å². The highest BCUT2D eigenvalue weighted by atomic mass is 16.3. The molecule has 0 radical (unpaired) electrons. The van der Waals surface area contributed by atoms with Gasteiger partial charge in [-0.3, -0.25) is 0 Å². The third kappa shape index (κ3) is 4.83. The summed E-state index contributed by atoms with van der Waals surface area (Å²) in [4.78, 5) is 14.8. The number of nitrogens with zero attached hydrogens (tertiary/aromatic N) is 3. The number of fused-ring (bicyclic) bond motifs is 6. The van der Waals surface area contributed by atoms with Crippen LogP contribution in [0.4, 0.5) is 0 Å². The first-order valence-corrected chi connectivity index (χ1v) is 16.6. The zero-order valence-electron chi connectivity index (χ0n) is 26.7. The number of benzene rings is 7. The Hall–Kier alpha value is -6.85. The smallest absolute Gasteiger partial charge is 0.164 e. The lowest BCUT2D eigenvalue weighted by Crippen LogP contribution is -2.00. The van der Waals surface area contributed by atoms with Crippen LogP contribution in [0.3, 0.4) is 0 Å². The highest BCUT2D eigenvalue weighted by Crippen LogP contribution is 2.37. The molecule has 0 N–H and O–H groups in total. The molecule has 0 aliphatic heterocycles. The second-order valence-electron chi connectivity index (χ2n) is 12.4. The summed E-state index contributed by atoms with van der Waals surface area (Å²) in [7, 11) is 0. The molecule has 50 heavy (non-hydrogen) atoms. The first-order chi connectivity index (χ1) is 24.7. The van der Waals surface area contributed by atoms with Crippen molar-refractivity contribution < 1.29 is 8.83 Å². The summed E-state index contributed by atoms with van der Waals surface area (Å²) in [5, 5.41) is 4.33. The maximum atomic E-state index is 6.41. The minimum atomic E-state index is 0.586. The van der Waals surface area contributed by atoms with Crippen LogP contribution in [0.15, 0.2) is 173 Å². The van der Waals surface area contributed by atoms with Gasteiger partial charge in [-0.15, -0.1) is 0 Å². The van der Waals surface area contributed by atoms with Crippen LogP contribution >= 0.6 is 0 Å². The zero-order chi connectivity index (χ0) is 33.0. The van der Waals surface area contributed by atoms with E-state index in [1.54, 1.807) is 0 Å². The van der Waals surface area contributed by atoms with Gasteiger partial charge in [-0.05, 0) is 64.7 Å². The van der Waals surface area contributed by atoms with E-state index in [1.807, 2.05) is 78.9 Å². The second-order valence-corrected chi connectivity index (χ2v) is 12.4. The molecule has 5 nitrogen and oxygen atoms in total. The topological polar surface area (TPSA) is 65.0 Å². The van der Waals surface area contributed by atoms with Crippen molar-refractivity contribution in [3.05, 3.63) is 164 Å². The third-order valence-corrected chi connectivity index (χ3v) is 9.36. The fourth-order valence-electron chi connectivity index (χ4n) is 6.79. The maximum absolute atomic E-state index is 6.41. The summed E-state index contributed by atoms with van der Waals surface area (Å²) in [6.07, 6.45) is 0. The van der Waals surface area contributed by atoms with Crippen molar-refractivity contribution in [3.63, 3.8) is 0 Å². The van der Waals surface area contributed by atoms with Crippen molar-refractivity contribution in [1.82, 2.24) is 15.0 Å². The van der Waals surface area contributed by atoms with Crippen LogP contribution in [0.1, 0.15) is 0 Å². The van der Waals surface area contributed by atoms with E-state index in [0.717, 1.165) is 77.3 Å². The minimum absolute atomic E-state index is 0.586. The van der Waals surface area contributed by atoms with E-state index in [4.69, 9.17) is 23.8 Å². The quantitative estimate of drug-likeness (QED) is 0.187. The zero-order valence-corrected chi connectivity index (χ0v) is 26.7. The molecular formula is C45H27N3O2. The lowest BCUT2D eigenvalue weighted by Gasteiger charge is -2.09. The van der Waals surface area contributed by atoms with Crippen LogP contribution in [-0.4, -0.2) is 15.0 Å². The van der Waals surface area contributed by atoms with Crippen LogP contribution in [-0.2, 0) is 0 Å². The summed E-state index contributed by atoms with van der Waals surface area (Å²) in [6.45, 7) is 0. The Morgan fingerprint density at radius 1 is 0.260 bits per heavy atom. The summed E-state index contributed by atoms with van der Waals surface area (Å²) in [5.41, 5.74) is 10.6. The summed E-state index contributed by atoms with van der Waals surface area (Å²) >= 11 is 0. The average molecular weight is 642 g/mol. The Morgan fingerprint density at radius 2 is 0.680 bits per heavy atom. The molecule has 234 valence electrons. The van der Waals surface area contributed by atoms with Gasteiger partial charge in [0.05, 0.1) is 0 Å². The molecule has 3 aromatic heterocycles. The number of rotatable bonds is 5. The van der Waals surface area contributed by atoms with Crippen LogP contribution in [0.25, 0.3) is 100 Å². The van der Waals surface area contributed by atoms with Gasteiger partial charge in [-0.1, -0.05) is 121 Å². The number of furan rings is 2. The number of hydrogen-bond acceptors (Lipinski definition) is 5. The summed E-state index contributed by atoms with van der Waals surface area (Å²) in [6, 6.07) is 55.8. The first-order valence-electron chi connectivity index (χ1n) is 16.6. The summed E-state index contributed by atoms with van der Waals surface area (Å²) in [5.74, 6) is 1.82. The molecule has 0 saturated heterocycles. The van der Waals surface area contributed by atoms with E-state index in [9.17, 15) is 0 Å². The number of aromatic nitrogens is 3. The van der Waals surface area contributed by atoms with Crippen LogP contribution < -0.4 is 0 Å². The minimum Gasteiger partial charge on any atom is -0.456 e. The number of hydrogen-bond donors (Lipinski definition) is 0. The van der Waals surface area contributed by atoms with Gasteiger partial charge in [-0.2, -0.15) is 0 Å². The van der Waals surface area contributed by atoms with E-state index in [2.05, 4.69) is 84.9 Å². The first kappa shape index (κ1) is 28.2. The molecule has 10 rings (SSSR count). The standard InChI is InChI=1S/C45H27N3O2/c1-3-9-28(10-4-1)29-15-17-31(18-16-29)44-46-43(30-11-5-2-6-12-30)47-45(48-44)34-20-23-37-38-25-32(21-24-40(38)50-42(37)27-34)33-19-22-36-35-13-7-8-14-39(35)49-41(36)26-33/h1-27H. The fourth-order valence-corrected chi connectivity index (χ4v) is 6.79. The summed E-state index contributed by atoms with van der Waals surface area (Å²) < 4.78 is 12.6. The second kappa shape index (κ2) is 11.4. The van der Waals surface area contributed by atoms with Crippen LogP contribution in [0.2, 0.25) is 0 Å². The van der Waals surface area contributed by atoms with E-state index in [1.165, 1.54) is 5.56 Å². The lowest BCUT2D eigenvalue weighted by atomic mass is 10.0. The molecule has 0 bridgehead atoms. The molecule has 0 aliphatic rings. The van der Waals surface area contributed by atoms with E-state index in [-0.39, 0.29) is 0 Å². The van der Waals surface area contributed by atoms with Gasteiger partial charge in [-0.25, -0.2) is 15.0 Å². The van der Waals surface area contributed by atoms with Crippen LogP contribution in [0.5, 0.6) is 0 Å². The van der Waals surface area contributed by atoms with Gasteiger partial charge in [0.2, 0.25) is 0 Å². The van der Waals surface area contributed by atoms with Crippen molar-refractivity contribution in [2.45, 2.75) is 0 Å². The molecule has 10 aromatic rings. The normalized spacial score (nSPS) is 11.6. The van der Waals surface area contributed by atoms with E-state index in [0.29, 0.717) is 17.5 Å². The Balaban J connectivity index is 1.05. The lowest BCUT2D eigenvalue weighted by molar-refractivity contribution is 0.669. The van der Waals surface area contributed by atoms with Crippen molar-refractivity contribution >= 4 is 43.9 Å². The van der Waals surface area contributed by atoms with Gasteiger partial charge in [0.25, 0.3) is 0 Å². The molecule has 5 heteroatoms. The number of para-hydroxylation sites is 1. The van der Waals surface area contributed by atoms with Gasteiger partial charge in [0, 0.05) is 38.2 Å². The van der Waals surface area contributed by atoms with Gasteiger partial charge >= 0.3 is 0 Å². The monoisotopic (exact) mass is 641 g/mol. The molecule has 0 atom stereocenters. The SMILES string of the molecule is c1ccc(-c2ccc(-c3nc(-c4ccccc4)nc(-c4ccc5c(c4)oc4ccc(-c6ccc7c(c6)oc6ccccc67)cc45)n3)cc2)cc1. The molecule has 0 saturated carbocycles. The largest absolute Gasteiger partial charge is 0.456 e. The predicted molar refractivity (Wildman–Crippen MR) is 202 cm³/mol. The van der Waals surface area contributed by atoms with Crippen molar-refractivity contribution in [2.75, 3.05) is 0 Å². The van der Waals surface area contributed by atoms with Crippen molar-refractivity contribution in [2.24, 2.45) is 0 Å². The molecule has 3 heterocycles. The van der Waals surface area contributed by atoms with E-state index >= 15 is 0 Å². The molecule has 0 amide bonds. The Kier molecular flexibility index (Phi) is 6.42. The van der Waals surface area contributed by atoms with Gasteiger partial charge in [0.15, 0.2) is 17.5 Å². The van der Waals surface area contributed by atoms with Gasteiger partial charge in [0.1, 0.15) is 22.3 Å². The molecule has 7 aromatic carbocycles. The highest BCUT2D eigenvalue weighted by molar-refractivity contribution is 6.08. The van der Waals surface area contributed by atoms with Gasteiger partial charge < -0.3 is 8.83 Å². The van der Waals surface area contributed by atoms with Crippen molar-refractivity contribution in [1.29, 1.82) is 0 Å². The Bertz CT molecular complexity index is 2850.